The van der Waals surface area contributed by atoms with Crippen molar-refractivity contribution in [3.05, 3.63) is 29.6 Å². The summed E-state index contributed by atoms with van der Waals surface area (Å²) in [6, 6.07) is 4.23. The molecule has 1 heterocycles. The highest BCUT2D eigenvalue weighted by Gasteiger charge is 2.27. The molecule has 1 aliphatic carbocycles. The molecule has 0 unspecified atom stereocenters. The molecule has 1 aliphatic heterocycles. The van der Waals surface area contributed by atoms with Crippen LogP contribution < -0.4 is 10.1 Å². The summed E-state index contributed by atoms with van der Waals surface area (Å²) >= 11 is 0. The molecule has 1 N–H and O–H groups in total. The number of carbonyl (C=O) groups is 1. The number of carbonyl (C=O) groups excluding carboxylic acids is 1. The summed E-state index contributed by atoms with van der Waals surface area (Å²) in [4.78, 5) is 11.9. The van der Waals surface area contributed by atoms with Crippen LogP contribution in [0.25, 0.3) is 0 Å². The summed E-state index contributed by atoms with van der Waals surface area (Å²) < 4.78 is 23.6. The lowest BCUT2D eigenvalue weighted by molar-refractivity contribution is 0.0946. The highest BCUT2D eigenvalue weighted by molar-refractivity contribution is 5.97. The van der Waals surface area contributed by atoms with Gasteiger partial charge >= 0.3 is 0 Å². The molecule has 0 aromatic heterocycles. The van der Waals surface area contributed by atoms with Gasteiger partial charge in [-0.05, 0) is 25.0 Å². The third-order valence-corrected chi connectivity index (χ3v) is 2.93. The van der Waals surface area contributed by atoms with Crippen LogP contribution in [0.5, 0.6) is 5.75 Å². The number of rotatable bonds is 5. The molecule has 96 valence electrons. The van der Waals surface area contributed by atoms with E-state index in [0.29, 0.717) is 18.8 Å². The minimum atomic E-state index is -0.412. The SMILES string of the molecule is O=C(NC1CC1)c1ccc(F)cc1OC[C@H]1CO1. The molecule has 5 heteroatoms. The lowest BCUT2D eigenvalue weighted by atomic mass is 10.2. The van der Waals surface area contributed by atoms with Crippen molar-refractivity contribution in [1.82, 2.24) is 5.32 Å². The Morgan fingerprint density at radius 2 is 2.28 bits per heavy atom. The largest absolute Gasteiger partial charge is 0.490 e. The number of hydrogen-bond donors (Lipinski definition) is 1. The number of ether oxygens (including phenoxy) is 2. The molecule has 1 aromatic carbocycles. The molecule has 1 aromatic rings. The van der Waals surface area contributed by atoms with Crippen LogP contribution in [0.15, 0.2) is 18.2 Å². The number of hydrogen-bond acceptors (Lipinski definition) is 3. The van der Waals surface area contributed by atoms with Crippen LogP contribution in [-0.2, 0) is 4.74 Å². The van der Waals surface area contributed by atoms with Crippen molar-refractivity contribution < 1.29 is 18.7 Å². The molecular formula is C13H14FNO3. The standard InChI is InChI=1S/C13H14FNO3/c14-8-1-4-11(13(16)15-9-2-3-9)12(5-8)18-7-10-6-17-10/h1,4-5,9-10H,2-3,6-7H2,(H,15,16)/t10-/m1/s1. The first-order chi connectivity index (χ1) is 8.72. The Morgan fingerprint density at radius 3 is 2.94 bits per heavy atom. The van der Waals surface area contributed by atoms with Crippen molar-refractivity contribution in [2.75, 3.05) is 13.2 Å². The van der Waals surface area contributed by atoms with E-state index in [1.165, 1.54) is 18.2 Å². The van der Waals surface area contributed by atoms with Gasteiger partial charge in [0.25, 0.3) is 5.91 Å². The van der Waals surface area contributed by atoms with Crippen molar-refractivity contribution in [3.63, 3.8) is 0 Å². The first-order valence-corrected chi connectivity index (χ1v) is 6.07. The number of nitrogens with one attached hydrogen (secondary N) is 1. The fraction of sp³-hybridized carbons (Fsp3) is 0.462. The van der Waals surface area contributed by atoms with Crippen LogP contribution in [0.4, 0.5) is 4.39 Å². The molecule has 2 fully saturated rings. The molecule has 1 atom stereocenters. The smallest absolute Gasteiger partial charge is 0.255 e. The van der Waals surface area contributed by atoms with Gasteiger partial charge in [-0.3, -0.25) is 4.79 Å². The lowest BCUT2D eigenvalue weighted by Gasteiger charge is -2.10. The van der Waals surface area contributed by atoms with E-state index >= 15 is 0 Å². The summed E-state index contributed by atoms with van der Waals surface area (Å²) in [5.74, 6) is -0.336. The van der Waals surface area contributed by atoms with E-state index < -0.39 is 5.82 Å². The van der Waals surface area contributed by atoms with Gasteiger partial charge in [-0.2, -0.15) is 0 Å². The van der Waals surface area contributed by atoms with Crippen LogP contribution in [0.3, 0.4) is 0 Å². The Bertz CT molecular complexity index is 469. The minimum absolute atomic E-state index is 0.0765. The second-order valence-electron chi connectivity index (χ2n) is 4.65. The van der Waals surface area contributed by atoms with Crippen molar-refractivity contribution >= 4 is 5.91 Å². The number of halogens is 1. The monoisotopic (exact) mass is 251 g/mol. The summed E-state index contributed by atoms with van der Waals surface area (Å²) in [6.45, 7) is 1.02. The predicted molar refractivity (Wildman–Crippen MR) is 62.1 cm³/mol. The van der Waals surface area contributed by atoms with Crippen LogP contribution in [0.1, 0.15) is 23.2 Å². The van der Waals surface area contributed by atoms with Gasteiger partial charge in [0, 0.05) is 12.1 Å². The van der Waals surface area contributed by atoms with E-state index in [4.69, 9.17) is 9.47 Å². The van der Waals surface area contributed by atoms with Crippen LogP contribution in [0.2, 0.25) is 0 Å². The van der Waals surface area contributed by atoms with Gasteiger partial charge in [-0.15, -0.1) is 0 Å². The Labute approximate surface area is 104 Å². The van der Waals surface area contributed by atoms with Gasteiger partial charge in [-0.1, -0.05) is 0 Å². The molecule has 0 radical (unpaired) electrons. The highest BCUT2D eigenvalue weighted by atomic mass is 19.1. The van der Waals surface area contributed by atoms with Crippen molar-refractivity contribution in [2.24, 2.45) is 0 Å². The molecule has 2 aliphatic rings. The fourth-order valence-electron chi connectivity index (χ4n) is 1.64. The molecule has 3 rings (SSSR count). The van der Waals surface area contributed by atoms with E-state index in [-0.39, 0.29) is 23.8 Å². The molecule has 0 bridgehead atoms. The molecule has 1 amide bonds. The molecular weight excluding hydrogens is 237 g/mol. The molecule has 0 spiro atoms. The van der Waals surface area contributed by atoms with E-state index in [1.807, 2.05) is 0 Å². The number of benzene rings is 1. The minimum Gasteiger partial charge on any atom is -0.490 e. The average Bonchev–Trinajstić information content (AvgIpc) is 3.21. The van der Waals surface area contributed by atoms with Crippen LogP contribution in [-0.4, -0.2) is 31.3 Å². The van der Waals surface area contributed by atoms with E-state index in [2.05, 4.69) is 5.32 Å². The van der Waals surface area contributed by atoms with Crippen molar-refractivity contribution in [2.45, 2.75) is 25.0 Å². The van der Waals surface area contributed by atoms with Crippen molar-refractivity contribution in [1.29, 1.82) is 0 Å². The third kappa shape index (κ3) is 2.79. The van der Waals surface area contributed by atoms with Gasteiger partial charge in [-0.25, -0.2) is 4.39 Å². The van der Waals surface area contributed by atoms with Crippen molar-refractivity contribution in [3.8, 4) is 5.75 Å². The summed E-state index contributed by atoms with van der Waals surface area (Å²) in [5.41, 5.74) is 0.379. The van der Waals surface area contributed by atoms with E-state index in [0.717, 1.165) is 12.8 Å². The summed E-state index contributed by atoms with van der Waals surface area (Å²) in [5, 5.41) is 2.86. The van der Waals surface area contributed by atoms with E-state index in [9.17, 15) is 9.18 Å². The Hall–Kier alpha value is -1.62. The van der Waals surface area contributed by atoms with E-state index in [1.54, 1.807) is 0 Å². The van der Waals surface area contributed by atoms with Gasteiger partial charge < -0.3 is 14.8 Å². The number of epoxide rings is 1. The Morgan fingerprint density at radius 1 is 1.50 bits per heavy atom. The molecule has 1 saturated heterocycles. The first kappa shape index (κ1) is 11.5. The maximum Gasteiger partial charge on any atom is 0.255 e. The maximum atomic E-state index is 13.2. The third-order valence-electron chi connectivity index (χ3n) is 2.93. The van der Waals surface area contributed by atoms with Gasteiger partial charge in [0.15, 0.2) is 0 Å². The highest BCUT2D eigenvalue weighted by Crippen LogP contribution is 2.24. The van der Waals surface area contributed by atoms with Crippen LogP contribution >= 0.6 is 0 Å². The zero-order valence-electron chi connectivity index (χ0n) is 9.82. The molecule has 18 heavy (non-hydrogen) atoms. The second-order valence-corrected chi connectivity index (χ2v) is 4.65. The molecule has 4 nitrogen and oxygen atoms in total. The topological polar surface area (TPSA) is 50.9 Å². The Balaban J connectivity index is 1.74. The average molecular weight is 251 g/mol. The van der Waals surface area contributed by atoms with Crippen LogP contribution in [0, 0.1) is 5.82 Å². The summed E-state index contributed by atoms with van der Waals surface area (Å²) in [7, 11) is 0. The zero-order chi connectivity index (χ0) is 12.5. The quantitative estimate of drug-likeness (QED) is 0.807. The number of amides is 1. The Kier molecular flexibility index (Phi) is 2.91. The first-order valence-electron chi connectivity index (χ1n) is 6.07. The van der Waals surface area contributed by atoms with Gasteiger partial charge in [0.1, 0.15) is 24.3 Å². The zero-order valence-corrected chi connectivity index (χ0v) is 9.82. The van der Waals surface area contributed by atoms with Gasteiger partial charge in [0.05, 0.1) is 12.2 Å². The second kappa shape index (κ2) is 4.57. The van der Waals surface area contributed by atoms with Gasteiger partial charge in [0.2, 0.25) is 0 Å². The summed E-state index contributed by atoms with van der Waals surface area (Å²) in [6.07, 6.45) is 2.10. The maximum absolute atomic E-state index is 13.2. The molecule has 1 saturated carbocycles. The fourth-order valence-corrected chi connectivity index (χ4v) is 1.64. The normalized spacial score (nSPS) is 21.5. The predicted octanol–water partition coefficient (Wildman–Crippen LogP) is 1.50. The lowest BCUT2D eigenvalue weighted by Crippen LogP contribution is -2.26.